The van der Waals surface area contributed by atoms with Crippen molar-refractivity contribution < 1.29 is 27.1 Å². The van der Waals surface area contributed by atoms with Crippen LogP contribution in [-0.4, -0.2) is 32.9 Å². The van der Waals surface area contributed by atoms with Crippen LogP contribution in [0.1, 0.15) is 25.8 Å². The van der Waals surface area contributed by atoms with E-state index in [1.54, 1.807) is 18.2 Å². The van der Waals surface area contributed by atoms with Gasteiger partial charge < -0.3 is 9.47 Å². The first-order valence-electron chi connectivity index (χ1n) is 8.66. The van der Waals surface area contributed by atoms with Crippen LogP contribution in [0.15, 0.2) is 53.4 Å². The summed E-state index contributed by atoms with van der Waals surface area (Å²) in [5.74, 6) is -0.425. The van der Waals surface area contributed by atoms with Gasteiger partial charge in [-0.25, -0.2) is 12.8 Å². The van der Waals surface area contributed by atoms with E-state index in [4.69, 9.17) is 9.47 Å². The molecule has 0 amide bonds. The maximum atomic E-state index is 12.9. The summed E-state index contributed by atoms with van der Waals surface area (Å²) >= 11 is 0. The SMILES string of the molecule is CC(C)Oc1cccc(CC(=O)OCCCS(=O)(=O)c2ccc(F)cc2)c1. The molecule has 2 aromatic carbocycles. The number of carbonyl (C=O) groups excluding carboxylic acids is 1. The number of halogens is 1. The Kier molecular flexibility index (Phi) is 7.36. The molecule has 0 spiro atoms. The maximum Gasteiger partial charge on any atom is 0.310 e. The molecule has 0 fully saturated rings. The zero-order valence-electron chi connectivity index (χ0n) is 15.4. The molecule has 0 aromatic heterocycles. The average molecular weight is 394 g/mol. The first kappa shape index (κ1) is 20.9. The second-order valence-electron chi connectivity index (χ2n) is 6.34. The number of hydrogen-bond acceptors (Lipinski definition) is 5. The van der Waals surface area contributed by atoms with Crippen LogP contribution < -0.4 is 4.74 Å². The summed E-state index contributed by atoms with van der Waals surface area (Å²) in [6, 6.07) is 11.8. The van der Waals surface area contributed by atoms with Crippen LogP contribution in [-0.2, 0) is 25.8 Å². The molecule has 0 aliphatic rings. The predicted molar refractivity (Wildman–Crippen MR) is 99.9 cm³/mol. The fraction of sp³-hybridized carbons (Fsp3) is 0.350. The number of hydrogen-bond donors (Lipinski definition) is 0. The molecule has 2 rings (SSSR count). The van der Waals surface area contributed by atoms with Crippen molar-refractivity contribution in [3.8, 4) is 5.75 Å². The third kappa shape index (κ3) is 7.02. The Bertz CT molecular complexity index is 860. The van der Waals surface area contributed by atoms with Crippen LogP contribution in [0.5, 0.6) is 5.75 Å². The smallest absolute Gasteiger partial charge is 0.310 e. The van der Waals surface area contributed by atoms with E-state index >= 15 is 0 Å². The molecular weight excluding hydrogens is 371 g/mol. The minimum atomic E-state index is -3.53. The highest BCUT2D eigenvalue weighted by molar-refractivity contribution is 7.91. The van der Waals surface area contributed by atoms with E-state index in [1.165, 1.54) is 12.1 Å². The quantitative estimate of drug-likeness (QED) is 0.369. The van der Waals surface area contributed by atoms with Crippen LogP contribution in [0.25, 0.3) is 0 Å². The molecule has 0 saturated carbocycles. The van der Waals surface area contributed by atoms with E-state index in [0.29, 0.717) is 5.75 Å². The second kappa shape index (κ2) is 9.50. The van der Waals surface area contributed by atoms with Gasteiger partial charge in [-0.05, 0) is 62.2 Å². The van der Waals surface area contributed by atoms with Gasteiger partial charge in [0, 0.05) is 0 Å². The highest BCUT2D eigenvalue weighted by Gasteiger charge is 2.15. The van der Waals surface area contributed by atoms with Gasteiger partial charge in [-0.1, -0.05) is 12.1 Å². The van der Waals surface area contributed by atoms with Gasteiger partial charge >= 0.3 is 5.97 Å². The lowest BCUT2D eigenvalue weighted by Crippen LogP contribution is -2.13. The van der Waals surface area contributed by atoms with Crippen molar-refractivity contribution in [1.82, 2.24) is 0 Å². The largest absolute Gasteiger partial charge is 0.491 e. The number of rotatable bonds is 9. The van der Waals surface area contributed by atoms with Gasteiger partial charge in [0.25, 0.3) is 0 Å². The molecule has 0 radical (unpaired) electrons. The first-order chi connectivity index (χ1) is 12.8. The third-order valence-electron chi connectivity index (χ3n) is 3.61. The summed E-state index contributed by atoms with van der Waals surface area (Å²) in [6.07, 6.45) is 0.289. The van der Waals surface area contributed by atoms with Gasteiger partial charge in [0.2, 0.25) is 0 Å². The summed E-state index contributed by atoms with van der Waals surface area (Å²) in [6.45, 7) is 3.84. The van der Waals surface area contributed by atoms with Crippen LogP contribution in [0.2, 0.25) is 0 Å². The molecule has 0 bridgehead atoms. The van der Waals surface area contributed by atoms with Gasteiger partial charge in [-0.3, -0.25) is 4.79 Å². The minimum absolute atomic E-state index is 0.00143. The number of esters is 1. The van der Waals surface area contributed by atoms with E-state index in [-0.39, 0.29) is 36.2 Å². The minimum Gasteiger partial charge on any atom is -0.491 e. The number of sulfone groups is 1. The van der Waals surface area contributed by atoms with Crippen LogP contribution in [0.3, 0.4) is 0 Å². The Morgan fingerprint density at radius 3 is 2.48 bits per heavy atom. The Morgan fingerprint density at radius 2 is 1.81 bits per heavy atom. The molecule has 0 aliphatic carbocycles. The predicted octanol–water partition coefficient (Wildman–Crippen LogP) is 3.56. The monoisotopic (exact) mass is 394 g/mol. The molecule has 0 heterocycles. The van der Waals surface area contributed by atoms with Crippen LogP contribution >= 0.6 is 0 Å². The van der Waals surface area contributed by atoms with Crippen molar-refractivity contribution in [2.45, 2.75) is 37.7 Å². The van der Waals surface area contributed by atoms with E-state index < -0.39 is 21.6 Å². The zero-order valence-corrected chi connectivity index (χ0v) is 16.2. The Hall–Kier alpha value is -2.41. The van der Waals surface area contributed by atoms with Gasteiger partial charge in [-0.15, -0.1) is 0 Å². The molecule has 0 unspecified atom stereocenters. The van der Waals surface area contributed by atoms with Gasteiger partial charge in [0.15, 0.2) is 9.84 Å². The summed E-state index contributed by atoms with van der Waals surface area (Å²) < 4.78 is 47.8. The van der Waals surface area contributed by atoms with Crippen LogP contribution in [0, 0.1) is 5.82 Å². The van der Waals surface area contributed by atoms with Crippen molar-refractivity contribution in [1.29, 1.82) is 0 Å². The second-order valence-corrected chi connectivity index (χ2v) is 8.45. The lowest BCUT2D eigenvalue weighted by Gasteiger charge is -2.11. The van der Waals surface area contributed by atoms with E-state index in [0.717, 1.165) is 17.7 Å². The zero-order chi connectivity index (χ0) is 19.9. The van der Waals surface area contributed by atoms with Crippen LogP contribution in [0.4, 0.5) is 4.39 Å². The molecule has 2 aromatic rings. The number of benzene rings is 2. The fourth-order valence-corrected chi connectivity index (χ4v) is 3.70. The van der Waals surface area contributed by atoms with E-state index in [9.17, 15) is 17.6 Å². The summed E-state index contributed by atoms with van der Waals surface area (Å²) in [5, 5.41) is 0. The molecular formula is C20H23FO5S. The van der Waals surface area contributed by atoms with E-state index in [2.05, 4.69) is 0 Å². The van der Waals surface area contributed by atoms with Crippen molar-refractivity contribution >= 4 is 15.8 Å². The van der Waals surface area contributed by atoms with Crippen molar-refractivity contribution in [2.75, 3.05) is 12.4 Å². The first-order valence-corrected chi connectivity index (χ1v) is 10.3. The molecule has 0 aliphatic heterocycles. The van der Waals surface area contributed by atoms with Gasteiger partial charge in [-0.2, -0.15) is 0 Å². The molecule has 0 atom stereocenters. The van der Waals surface area contributed by atoms with Crippen molar-refractivity contribution in [2.24, 2.45) is 0 Å². The summed E-state index contributed by atoms with van der Waals surface area (Å²) in [7, 11) is -3.53. The van der Waals surface area contributed by atoms with Crippen molar-refractivity contribution in [3.63, 3.8) is 0 Å². The normalized spacial score (nSPS) is 11.4. The Morgan fingerprint density at radius 1 is 1.11 bits per heavy atom. The summed E-state index contributed by atoms with van der Waals surface area (Å²) in [5.41, 5.74) is 0.761. The molecule has 146 valence electrons. The molecule has 7 heteroatoms. The standard InChI is InChI=1S/C20H23FO5S/c1-15(2)26-18-6-3-5-16(13-18)14-20(22)25-11-4-12-27(23,24)19-9-7-17(21)8-10-19/h3,5-10,13,15H,4,11-12,14H2,1-2H3. The topological polar surface area (TPSA) is 69.7 Å². The third-order valence-corrected chi connectivity index (χ3v) is 5.43. The molecule has 0 saturated heterocycles. The average Bonchev–Trinajstić information content (AvgIpc) is 2.59. The summed E-state index contributed by atoms with van der Waals surface area (Å²) in [4.78, 5) is 12.0. The highest BCUT2D eigenvalue weighted by Crippen LogP contribution is 2.16. The fourth-order valence-electron chi connectivity index (χ4n) is 2.41. The van der Waals surface area contributed by atoms with Crippen molar-refractivity contribution in [3.05, 3.63) is 59.9 Å². The molecule has 0 N–H and O–H groups in total. The van der Waals surface area contributed by atoms with Gasteiger partial charge in [0.1, 0.15) is 11.6 Å². The lowest BCUT2D eigenvalue weighted by molar-refractivity contribution is -0.142. The molecule has 27 heavy (non-hydrogen) atoms. The number of ether oxygens (including phenoxy) is 2. The van der Waals surface area contributed by atoms with Gasteiger partial charge in [0.05, 0.1) is 29.8 Å². The Labute approximate surface area is 159 Å². The van der Waals surface area contributed by atoms with E-state index in [1.807, 2.05) is 19.9 Å². The molecule has 5 nitrogen and oxygen atoms in total. The number of carbonyl (C=O) groups is 1. The highest BCUT2D eigenvalue weighted by atomic mass is 32.2. The maximum absolute atomic E-state index is 12.9. The Balaban J connectivity index is 1.78. The lowest BCUT2D eigenvalue weighted by atomic mass is 10.1.